The predicted molar refractivity (Wildman–Crippen MR) is 89.7 cm³/mol. The maximum atomic E-state index is 3.76. The van der Waals surface area contributed by atoms with Gasteiger partial charge in [0.05, 0.1) is 0 Å². The Morgan fingerprint density at radius 2 is 1.00 bits per heavy atom. The Kier molecular flexibility index (Phi) is 12.6. The molecule has 0 nitrogen and oxygen atoms in total. The molecule has 0 heterocycles. The minimum absolute atomic E-state index is 0.533. The first kappa shape index (κ1) is 18.7. The first-order chi connectivity index (χ1) is 9.06. The van der Waals surface area contributed by atoms with Crippen LogP contribution in [-0.2, 0) is 0 Å². The first-order valence-corrected chi connectivity index (χ1v) is 8.67. The Bertz CT molecular complexity index is 185. The van der Waals surface area contributed by atoms with Gasteiger partial charge in [0.25, 0.3) is 0 Å². The summed E-state index contributed by atoms with van der Waals surface area (Å²) in [6.45, 7) is 10.8. The summed E-state index contributed by atoms with van der Waals surface area (Å²) in [7, 11) is 0. The highest BCUT2D eigenvalue weighted by atomic mass is 14.1. The van der Waals surface area contributed by atoms with E-state index < -0.39 is 0 Å². The molecule has 0 saturated heterocycles. The van der Waals surface area contributed by atoms with E-state index in [9.17, 15) is 0 Å². The molecule has 0 amide bonds. The summed E-state index contributed by atoms with van der Waals surface area (Å²) < 4.78 is 0. The third kappa shape index (κ3) is 17.7. The van der Waals surface area contributed by atoms with Crippen molar-refractivity contribution in [2.75, 3.05) is 0 Å². The average Bonchev–Trinajstić information content (AvgIpc) is 2.34. The summed E-state index contributed by atoms with van der Waals surface area (Å²) in [5.41, 5.74) is 0.533. The van der Waals surface area contributed by atoms with E-state index in [1.54, 1.807) is 0 Å². The summed E-state index contributed by atoms with van der Waals surface area (Å²) in [5.74, 6) is 0. The van der Waals surface area contributed by atoms with Gasteiger partial charge in [-0.25, -0.2) is 0 Å². The van der Waals surface area contributed by atoms with Gasteiger partial charge in [-0.1, -0.05) is 91.1 Å². The second-order valence-corrected chi connectivity index (χ2v) is 7.28. The largest absolute Gasteiger partial charge is 0.103 e. The van der Waals surface area contributed by atoms with Crippen molar-refractivity contribution in [3.8, 4) is 0 Å². The van der Waals surface area contributed by atoms with Gasteiger partial charge in [-0.2, -0.15) is 0 Å². The van der Waals surface area contributed by atoms with Crippen molar-refractivity contribution in [2.45, 2.75) is 104 Å². The van der Waals surface area contributed by atoms with E-state index in [2.05, 4.69) is 27.4 Å². The molecule has 0 aliphatic carbocycles. The van der Waals surface area contributed by atoms with E-state index in [1.807, 2.05) is 6.08 Å². The van der Waals surface area contributed by atoms with Crippen molar-refractivity contribution in [1.29, 1.82) is 0 Å². The van der Waals surface area contributed by atoms with Gasteiger partial charge < -0.3 is 0 Å². The van der Waals surface area contributed by atoms with Crippen LogP contribution < -0.4 is 0 Å². The third-order valence-electron chi connectivity index (χ3n) is 3.84. The van der Waals surface area contributed by atoms with Gasteiger partial charge in [0.1, 0.15) is 0 Å². The van der Waals surface area contributed by atoms with Crippen molar-refractivity contribution in [2.24, 2.45) is 5.41 Å². The smallest absolute Gasteiger partial charge is 0.0353 e. The lowest BCUT2D eigenvalue weighted by Crippen LogP contribution is -2.03. The highest BCUT2D eigenvalue weighted by Gasteiger charge is 2.08. The lowest BCUT2D eigenvalue weighted by atomic mass is 9.89. The highest BCUT2D eigenvalue weighted by molar-refractivity contribution is 4.65. The molecule has 0 aromatic heterocycles. The van der Waals surface area contributed by atoms with Crippen molar-refractivity contribution in [3.63, 3.8) is 0 Å². The van der Waals surface area contributed by atoms with E-state index in [4.69, 9.17) is 0 Å². The fraction of sp³-hybridized carbons (Fsp3) is 0.895. The lowest BCUT2D eigenvalue weighted by Gasteiger charge is -2.17. The maximum absolute atomic E-state index is 3.76. The molecule has 0 unspecified atom stereocenters. The molecule has 0 spiro atoms. The fourth-order valence-corrected chi connectivity index (χ4v) is 2.53. The van der Waals surface area contributed by atoms with Crippen LogP contribution in [0.25, 0.3) is 0 Å². The molecule has 0 rings (SSSR count). The molecule has 0 aromatic carbocycles. The van der Waals surface area contributed by atoms with Crippen LogP contribution in [0.4, 0.5) is 0 Å². The van der Waals surface area contributed by atoms with Gasteiger partial charge in [-0.15, -0.1) is 6.58 Å². The van der Waals surface area contributed by atoms with Gasteiger partial charge in [-0.05, 0) is 24.7 Å². The fourth-order valence-electron chi connectivity index (χ4n) is 2.53. The van der Waals surface area contributed by atoms with Gasteiger partial charge in [0.15, 0.2) is 0 Å². The zero-order chi connectivity index (χ0) is 14.4. The summed E-state index contributed by atoms with van der Waals surface area (Å²) in [6, 6.07) is 0. The molecule has 0 atom stereocenters. The van der Waals surface area contributed by atoms with Gasteiger partial charge in [0, 0.05) is 0 Å². The summed E-state index contributed by atoms with van der Waals surface area (Å²) in [6.07, 6.45) is 20.4. The second-order valence-electron chi connectivity index (χ2n) is 7.28. The molecule has 0 aliphatic rings. The van der Waals surface area contributed by atoms with Gasteiger partial charge in [-0.3, -0.25) is 0 Å². The number of hydrogen-bond donors (Lipinski definition) is 0. The number of allylic oxidation sites excluding steroid dienone is 1. The third-order valence-corrected chi connectivity index (χ3v) is 3.84. The van der Waals surface area contributed by atoms with Crippen LogP contribution in [0.5, 0.6) is 0 Å². The van der Waals surface area contributed by atoms with Crippen molar-refractivity contribution < 1.29 is 0 Å². The van der Waals surface area contributed by atoms with E-state index in [0.717, 1.165) is 0 Å². The number of hydrogen-bond acceptors (Lipinski definition) is 0. The zero-order valence-electron chi connectivity index (χ0n) is 14.0. The van der Waals surface area contributed by atoms with Crippen molar-refractivity contribution >= 4 is 0 Å². The van der Waals surface area contributed by atoms with Crippen LogP contribution in [0.2, 0.25) is 0 Å². The molecule has 0 aromatic rings. The molecule has 0 aliphatic heterocycles. The molecule has 0 saturated carbocycles. The SMILES string of the molecule is C=CCCCCCCCCCCCCCC(C)(C)C. The van der Waals surface area contributed by atoms with Crippen LogP contribution in [0.1, 0.15) is 104 Å². The Labute approximate surface area is 123 Å². The van der Waals surface area contributed by atoms with E-state index in [1.165, 1.54) is 83.5 Å². The number of rotatable bonds is 13. The van der Waals surface area contributed by atoms with Gasteiger partial charge >= 0.3 is 0 Å². The molecule has 0 N–H and O–H groups in total. The Balaban J connectivity index is 3.01. The molecule has 0 radical (unpaired) electrons. The summed E-state index contributed by atoms with van der Waals surface area (Å²) in [5, 5.41) is 0. The van der Waals surface area contributed by atoms with Crippen molar-refractivity contribution in [3.05, 3.63) is 12.7 Å². The molecular weight excluding hydrogens is 228 g/mol. The van der Waals surface area contributed by atoms with E-state index >= 15 is 0 Å². The minimum atomic E-state index is 0.533. The summed E-state index contributed by atoms with van der Waals surface area (Å²) in [4.78, 5) is 0. The standard InChI is InChI=1S/C19H38/c1-5-6-7-8-9-10-11-12-13-14-15-16-17-18-19(2,3)4/h5H,1,6-18H2,2-4H3. The van der Waals surface area contributed by atoms with Gasteiger partial charge in [0.2, 0.25) is 0 Å². The second kappa shape index (κ2) is 12.8. The van der Waals surface area contributed by atoms with E-state index in [-0.39, 0.29) is 0 Å². The van der Waals surface area contributed by atoms with E-state index in [0.29, 0.717) is 5.41 Å². The molecule has 0 heteroatoms. The highest BCUT2D eigenvalue weighted by Crippen LogP contribution is 2.22. The zero-order valence-corrected chi connectivity index (χ0v) is 14.0. The molecule has 0 fully saturated rings. The Morgan fingerprint density at radius 1 is 0.632 bits per heavy atom. The first-order valence-electron chi connectivity index (χ1n) is 8.67. The maximum Gasteiger partial charge on any atom is -0.0353 e. The predicted octanol–water partition coefficient (Wildman–Crippen LogP) is 7.29. The molecule has 0 bridgehead atoms. The van der Waals surface area contributed by atoms with Crippen LogP contribution in [0.15, 0.2) is 12.7 Å². The van der Waals surface area contributed by atoms with Crippen LogP contribution in [0, 0.1) is 5.41 Å². The quantitative estimate of drug-likeness (QED) is 0.242. The topological polar surface area (TPSA) is 0 Å². The summed E-state index contributed by atoms with van der Waals surface area (Å²) >= 11 is 0. The van der Waals surface area contributed by atoms with Crippen LogP contribution in [0.3, 0.4) is 0 Å². The molecule has 19 heavy (non-hydrogen) atoms. The Morgan fingerprint density at radius 3 is 1.37 bits per heavy atom. The van der Waals surface area contributed by atoms with Crippen LogP contribution in [-0.4, -0.2) is 0 Å². The Hall–Kier alpha value is -0.260. The minimum Gasteiger partial charge on any atom is -0.103 e. The number of unbranched alkanes of at least 4 members (excludes halogenated alkanes) is 11. The van der Waals surface area contributed by atoms with Crippen molar-refractivity contribution in [1.82, 2.24) is 0 Å². The molecule has 114 valence electrons. The monoisotopic (exact) mass is 266 g/mol. The normalized spacial score (nSPS) is 11.7. The van der Waals surface area contributed by atoms with Crippen LogP contribution >= 0.6 is 0 Å². The average molecular weight is 267 g/mol. The molecular formula is C19H38. The lowest BCUT2D eigenvalue weighted by molar-refractivity contribution is 0.356.